The number of piperazine rings is 1. The number of nitrogens with one attached hydrogen (secondary N) is 1. The van der Waals surface area contributed by atoms with Gasteiger partial charge in [0, 0.05) is 33.2 Å². The minimum atomic E-state index is -0.583. The van der Waals surface area contributed by atoms with Crippen LogP contribution in [0, 0.1) is 5.95 Å². The van der Waals surface area contributed by atoms with Crippen LogP contribution in [0.25, 0.3) is 0 Å². The van der Waals surface area contributed by atoms with Crippen LogP contribution in [0.2, 0.25) is 0 Å². The van der Waals surface area contributed by atoms with Gasteiger partial charge < -0.3 is 15.1 Å². The van der Waals surface area contributed by atoms with E-state index < -0.39 is 5.95 Å². The number of aromatic nitrogens is 1. The maximum Gasteiger partial charge on any atom is 0.269 e. The summed E-state index contributed by atoms with van der Waals surface area (Å²) in [7, 11) is 3.54. The minimum Gasteiger partial charge on any atom is -0.365 e. The smallest absolute Gasteiger partial charge is 0.269 e. The summed E-state index contributed by atoms with van der Waals surface area (Å²) < 4.78 is 13.9. The van der Waals surface area contributed by atoms with Gasteiger partial charge in [0.05, 0.1) is 5.69 Å². The van der Waals surface area contributed by atoms with Gasteiger partial charge in [0.15, 0.2) is 0 Å². The molecule has 5 nitrogen and oxygen atoms in total. The molecule has 2 rings (SSSR count). The molecule has 1 aromatic rings. The third kappa shape index (κ3) is 2.59. The Morgan fingerprint density at radius 2 is 2.00 bits per heavy atom. The van der Waals surface area contributed by atoms with Gasteiger partial charge in [-0.05, 0) is 19.2 Å². The van der Waals surface area contributed by atoms with E-state index in [9.17, 15) is 9.18 Å². The van der Waals surface area contributed by atoms with Gasteiger partial charge in [0.1, 0.15) is 5.69 Å². The first-order valence-corrected chi connectivity index (χ1v) is 5.94. The molecule has 1 aliphatic rings. The van der Waals surface area contributed by atoms with Crippen molar-refractivity contribution in [3.8, 4) is 0 Å². The van der Waals surface area contributed by atoms with Crippen molar-refractivity contribution in [3.05, 3.63) is 23.8 Å². The molecule has 0 aromatic carbocycles. The number of carbonyl (C=O) groups excluding carboxylic acids is 1. The molecule has 1 saturated heterocycles. The van der Waals surface area contributed by atoms with Crippen LogP contribution in [0.5, 0.6) is 0 Å². The Bertz CT molecular complexity index is 444. The molecule has 18 heavy (non-hydrogen) atoms. The molecule has 1 N–H and O–H groups in total. The Labute approximate surface area is 106 Å². The van der Waals surface area contributed by atoms with Crippen molar-refractivity contribution < 1.29 is 9.18 Å². The number of nitrogens with zero attached hydrogens (tertiary/aromatic N) is 3. The molecule has 1 fully saturated rings. The summed E-state index contributed by atoms with van der Waals surface area (Å²) in [4.78, 5) is 19.2. The molecule has 0 spiro atoms. The summed E-state index contributed by atoms with van der Waals surface area (Å²) in [6, 6.07) is 3.17. The van der Waals surface area contributed by atoms with Gasteiger partial charge in [-0.2, -0.15) is 4.39 Å². The number of amides is 1. The van der Waals surface area contributed by atoms with Crippen molar-refractivity contribution in [2.24, 2.45) is 0 Å². The van der Waals surface area contributed by atoms with Crippen LogP contribution in [0.1, 0.15) is 10.5 Å². The summed E-state index contributed by atoms with van der Waals surface area (Å²) in [5.41, 5.74) is 0.573. The molecular weight excluding hydrogens is 235 g/mol. The molecule has 0 aliphatic carbocycles. The maximum absolute atomic E-state index is 13.9. The fourth-order valence-electron chi connectivity index (χ4n) is 1.96. The maximum atomic E-state index is 13.9. The highest BCUT2D eigenvalue weighted by atomic mass is 19.1. The summed E-state index contributed by atoms with van der Waals surface area (Å²) in [5, 5.41) is 2.42. The molecule has 1 amide bonds. The monoisotopic (exact) mass is 252 g/mol. The topological polar surface area (TPSA) is 48.5 Å². The summed E-state index contributed by atoms with van der Waals surface area (Å²) in [6.45, 7) is 3.34. The third-order valence-corrected chi connectivity index (χ3v) is 3.13. The lowest BCUT2D eigenvalue weighted by Gasteiger charge is -2.33. The lowest BCUT2D eigenvalue weighted by molar-refractivity contribution is 0.0957. The fraction of sp³-hybridized carbons (Fsp3) is 0.500. The van der Waals surface area contributed by atoms with Crippen LogP contribution in [-0.4, -0.2) is 56.1 Å². The standard InChI is InChI=1S/C12H17FN4O/c1-14-12(18)9-3-4-10(11(13)15-9)17-7-5-16(2)6-8-17/h3-4H,5-8H2,1-2H3,(H,14,18). The second-order valence-electron chi connectivity index (χ2n) is 4.38. The quantitative estimate of drug-likeness (QED) is 0.771. The number of halogens is 1. The van der Waals surface area contributed by atoms with Gasteiger partial charge in [-0.15, -0.1) is 0 Å². The predicted octanol–water partition coefficient (Wildman–Crippen LogP) is 0.332. The Kier molecular flexibility index (Phi) is 3.76. The number of anilines is 1. The highest BCUT2D eigenvalue weighted by Gasteiger charge is 2.19. The summed E-state index contributed by atoms with van der Waals surface area (Å²) >= 11 is 0. The van der Waals surface area contributed by atoms with E-state index in [2.05, 4.69) is 15.2 Å². The molecule has 0 atom stereocenters. The Morgan fingerprint density at radius 3 is 2.56 bits per heavy atom. The van der Waals surface area contributed by atoms with Crippen LogP contribution in [-0.2, 0) is 0 Å². The number of likely N-dealkylation sites (N-methyl/N-ethyl adjacent to an activating group) is 1. The van der Waals surface area contributed by atoms with Crippen molar-refractivity contribution in [1.29, 1.82) is 0 Å². The van der Waals surface area contributed by atoms with Crippen LogP contribution in [0.15, 0.2) is 12.1 Å². The molecule has 0 saturated carbocycles. The zero-order valence-corrected chi connectivity index (χ0v) is 10.6. The molecular formula is C12H17FN4O. The van der Waals surface area contributed by atoms with Crippen molar-refractivity contribution >= 4 is 11.6 Å². The number of hydrogen-bond acceptors (Lipinski definition) is 4. The molecule has 0 bridgehead atoms. The number of rotatable bonds is 2. The first-order chi connectivity index (χ1) is 8.61. The molecule has 2 heterocycles. The van der Waals surface area contributed by atoms with E-state index in [4.69, 9.17) is 0 Å². The Hall–Kier alpha value is -1.69. The van der Waals surface area contributed by atoms with E-state index in [1.165, 1.54) is 7.05 Å². The fourth-order valence-corrected chi connectivity index (χ4v) is 1.96. The van der Waals surface area contributed by atoms with Crippen LogP contribution >= 0.6 is 0 Å². The molecule has 1 aromatic heterocycles. The molecule has 6 heteroatoms. The molecule has 1 aliphatic heterocycles. The van der Waals surface area contributed by atoms with Gasteiger partial charge in [0.25, 0.3) is 5.91 Å². The van der Waals surface area contributed by atoms with Crippen LogP contribution in [0.3, 0.4) is 0 Å². The summed E-state index contributed by atoms with van der Waals surface area (Å²) in [5.74, 6) is -0.959. The van der Waals surface area contributed by atoms with Crippen LogP contribution in [0.4, 0.5) is 10.1 Å². The van der Waals surface area contributed by atoms with Crippen molar-refractivity contribution in [2.75, 3.05) is 45.2 Å². The van der Waals surface area contributed by atoms with E-state index in [1.807, 2.05) is 11.9 Å². The SMILES string of the molecule is CNC(=O)c1ccc(N2CCN(C)CC2)c(F)n1. The molecule has 98 valence electrons. The van der Waals surface area contributed by atoms with Gasteiger partial charge in [-0.25, -0.2) is 4.98 Å². The highest BCUT2D eigenvalue weighted by Crippen LogP contribution is 2.19. The lowest BCUT2D eigenvalue weighted by atomic mass is 10.2. The van der Waals surface area contributed by atoms with E-state index in [0.717, 1.165) is 26.2 Å². The Morgan fingerprint density at radius 1 is 1.33 bits per heavy atom. The van der Waals surface area contributed by atoms with Gasteiger partial charge in [-0.1, -0.05) is 0 Å². The zero-order chi connectivity index (χ0) is 13.1. The average molecular weight is 252 g/mol. The zero-order valence-electron chi connectivity index (χ0n) is 10.6. The average Bonchev–Trinajstić information content (AvgIpc) is 2.39. The van der Waals surface area contributed by atoms with Crippen molar-refractivity contribution in [2.45, 2.75) is 0 Å². The highest BCUT2D eigenvalue weighted by molar-refractivity contribution is 5.92. The lowest BCUT2D eigenvalue weighted by Crippen LogP contribution is -2.45. The van der Waals surface area contributed by atoms with E-state index >= 15 is 0 Å². The number of pyridine rings is 1. The largest absolute Gasteiger partial charge is 0.365 e. The third-order valence-electron chi connectivity index (χ3n) is 3.13. The minimum absolute atomic E-state index is 0.105. The van der Waals surface area contributed by atoms with Crippen molar-refractivity contribution in [3.63, 3.8) is 0 Å². The molecule has 0 radical (unpaired) electrons. The first-order valence-electron chi connectivity index (χ1n) is 5.94. The normalized spacial score (nSPS) is 16.7. The first kappa shape index (κ1) is 12.8. The van der Waals surface area contributed by atoms with Gasteiger partial charge >= 0.3 is 0 Å². The van der Waals surface area contributed by atoms with Gasteiger partial charge in [0.2, 0.25) is 5.95 Å². The van der Waals surface area contributed by atoms with Crippen LogP contribution < -0.4 is 10.2 Å². The van der Waals surface area contributed by atoms with E-state index in [0.29, 0.717) is 5.69 Å². The predicted molar refractivity (Wildman–Crippen MR) is 67.3 cm³/mol. The second-order valence-corrected chi connectivity index (χ2v) is 4.38. The van der Waals surface area contributed by atoms with Crippen molar-refractivity contribution in [1.82, 2.24) is 15.2 Å². The second kappa shape index (κ2) is 5.30. The Balaban J connectivity index is 2.17. The summed E-state index contributed by atoms with van der Waals surface area (Å²) in [6.07, 6.45) is 0. The van der Waals surface area contributed by atoms with Gasteiger partial charge in [-0.3, -0.25) is 4.79 Å². The number of carbonyl (C=O) groups is 1. The van der Waals surface area contributed by atoms with E-state index in [1.54, 1.807) is 12.1 Å². The van der Waals surface area contributed by atoms with E-state index in [-0.39, 0.29) is 11.6 Å². The number of hydrogen-bond donors (Lipinski definition) is 1. The molecule has 0 unspecified atom stereocenters.